The monoisotopic (exact) mass is 464 g/mol. The molecule has 1 aromatic carbocycles. The Morgan fingerprint density at radius 2 is 2.06 bits per heavy atom. The molecule has 176 valence electrons. The van der Waals surface area contributed by atoms with Gasteiger partial charge < -0.3 is 19.5 Å². The van der Waals surface area contributed by atoms with E-state index in [4.69, 9.17) is 14.2 Å². The number of aromatic nitrogens is 6. The number of hydrogen-bond donors (Lipinski definition) is 2. The van der Waals surface area contributed by atoms with Crippen LogP contribution in [-0.2, 0) is 16.5 Å². The number of nitrogens with one attached hydrogen (secondary N) is 2. The number of carbonyl (C=O) groups is 1. The minimum absolute atomic E-state index is 0.146. The third kappa shape index (κ3) is 4.62. The summed E-state index contributed by atoms with van der Waals surface area (Å²) in [5, 5.41) is 14.7. The molecule has 1 aliphatic rings. The summed E-state index contributed by atoms with van der Waals surface area (Å²) < 4.78 is 19.6. The maximum absolute atomic E-state index is 12.3. The minimum Gasteiger partial charge on any atom is -0.494 e. The lowest BCUT2D eigenvalue weighted by atomic mass is 10.2. The van der Waals surface area contributed by atoms with Crippen molar-refractivity contribution in [3.8, 4) is 17.0 Å². The standard InChI is InChI=1S/C22H24N8O4/c1-29-13-14(10-24-29)18-11-23-12-20-27-21(28-30(18)20)25-15-3-4-17(19(9-15)32-2)26-22(31)34-16-5-7-33-8-6-16/h3-4,9-13,16H,5-8H2,1-2H3,(H,25,28)(H,26,31). The summed E-state index contributed by atoms with van der Waals surface area (Å²) in [7, 11) is 3.38. The Morgan fingerprint density at radius 1 is 1.21 bits per heavy atom. The first-order valence-corrected chi connectivity index (χ1v) is 10.8. The summed E-state index contributed by atoms with van der Waals surface area (Å²) in [4.78, 5) is 21.1. The molecule has 3 aromatic heterocycles. The lowest BCUT2D eigenvalue weighted by Crippen LogP contribution is -2.28. The number of rotatable bonds is 6. The van der Waals surface area contributed by atoms with Gasteiger partial charge in [0.25, 0.3) is 0 Å². The van der Waals surface area contributed by atoms with Crippen molar-refractivity contribution in [3.05, 3.63) is 43.0 Å². The van der Waals surface area contributed by atoms with E-state index in [0.29, 0.717) is 54.8 Å². The van der Waals surface area contributed by atoms with Gasteiger partial charge in [0.1, 0.15) is 11.9 Å². The van der Waals surface area contributed by atoms with Gasteiger partial charge in [-0.2, -0.15) is 10.1 Å². The number of aryl methyl sites for hydroxylation is 1. The molecule has 1 amide bonds. The van der Waals surface area contributed by atoms with Gasteiger partial charge in [-0.3, -0.25) is 15.0 Å². The van der Waals surface area contributed by atoms with Crippen LogP contribution in [0.25, 0.3) is 16.9 Å². The second kappa shape index (κ2) is 9.35. The number of carbonyl (C=O) groups excluding carboxylic acids is 1. The quantitative estimate of drug-likeness (QED) is 0.442. The first-order chi connectivity index (χ1) is 16.6. The van der Waals surface area contributed by atoms with Crippen LogP contribution in [0.15, 0.2) is 43.0 Å². The van der Waals surface area contributed by atoms with E-state index in [2.05, 4.69) is 30.8 Å². The van der Waals surface area contributed by atoms with Crippen molar-refractivity contribution in [2.24, 2.45) is 7.05 Å². The molecule has 12 nitrogen and oxygen atoms in total. The number of methoxy groups -OCH3 is 1. The van der Waals surface area contributed by atoms with E-state index in [-0.39, 0.29) is 6.10 Å². The summed E-state index contributed by atoms with van der Waals surface area (Å²) >= 11 is 0. The van der Waals surface area contributed by atoms with Gasteiger partial charge in [0.2, 0.25) is 5.95 Å². The van der Waals surface area contributed by atoms with Crippen LogP contribution in [-0.4, -0.2) is 61.9 Å². The van der Waals surface area contributed by atoms with Crippen LogP contribution in [0.4, 0.5) is 22.1 Å². The van der Waals surface area contributed by atoms with Crippen molar-refractivity contribution in [1.82, 2.24) is 29.4 Å². The highest BCUT2D eigenvalue weighted by atomic mass is 16.6. The summed E-state index contributed by atoms with van der Waals surface area (Å²) in [6.45, 7) is 1.19. The van der Waals surface area contributed by atoms with Crippen LogP contribution in [0.2, 0.25) is 0 Å². The smallest absolute Gasteiger partial charge is 0.412 e. The van der Waals surface area contributed by atoms with Gasteiger partial charge in [0.15, 0.2) is 5.65 Å². The molecule has 0 bridgehead atoms. The molecule has 5 rings (SSSR count). The maximum atomic E-state index is 12.3. The second-order valence-corrected chi connectivity index (χ2v) is 7.78. The third-order valence-corrected chi connectivity index (χ3v) is 5.38. The number of hydrogen-bond acceptors (Lipinski definition) is 9. The van der Waals surface area contributed by atoms with Gasteiger partial charge in [-0.05, 0) is 12.1 Å². The fourth-order valence-corrected chi connectivity index (χ4v) is 3.70. The number of amides is 1. The Morgan fingerprint density at radius 3 is 2.82 bits per heavy atom. The molecular formula is C22H24N8O4. The van der Waals surface area contributed by atoms with Crippen molar-refractivity contribution in [2.45, 2.75) is 18.9 Å². The predicted octanol–water partition coefficient (Wildman–Crippen LogP) is 3.00. The van der Waals surface area contributed by atoms with Gasteiger partial charge in [-0.1, -0.05) is 0 Å². The van der Waals surface area contributed by atoms with Crippen LogP contribution in [0.5, 0.6) is 5.75 Å². The lowest BCUT2D eigenvalue weighted by molar-refractivity contribution is 0.00590. The molecule has 0 radical (unpaired) electrons. The van der Waals surface area contributed by atoms with Crippen molar-refractivity contribution < 1.29 is 19.0 Å². The zero-order valence-electron chi connectivity index (χ0n) is 18.8. The zero-order chi connectivity index (χ0) is 23.5. The largest absolute Gasteiger partial charge is 0.494 e. The van der Waals surface area contributed by atoms with Gasteiger partial charge in [0.05, 0.1) is 50.3 Å². The van der Waals surface area contributed by atoms with E-state index in [1.807, 2.05) is 13.2 Å². The van der Waals surface area contributed by atoms with Crippen LogP contribution < -0.4 is 15.4 Å². The molecule has 4 aromatic rings. The predicted molar refractivity (Wildman–Crippen MR) is 123 cm³/mol. The number of anilines is 3. The Kier molecular flexibility index (Phi) is 5.95. The van der Waals surface area contributed by atoms with E-state index in [1.54, 1.807) is 46.0 Å². The average molecular weight is 464 g/mol. The number of fused-ring (bicyclic) bond motifs is 1. The third-order valence-electron chi connectivity index (χ3n) is 5.38. The maximum Gasteiger partial charge on any atom is 0.412 e. The highest BCUT2D eigenvalue weighted by Gasteiger charge is 2.19. The summed E-state index contributed by atoms with van der Waals surface area (Å²) in [6.07, 6.45) is 7.69. The lowest BCUT2D eigenvalue weighted by Gasteiger charge is -2.22. The van der Waals surface area contributed by atoms with Gasteiger partial charge in [-0.25, -0.2) is 9.31 Å². The molecule has 0 aliphatic carbocycles. The molecule has 0 atom stereocenters. The molecule has 0 unspecified atom stereocenters. The SMILES string of the molecule is COc1cc(Nc2nc3cncc(-c4cnn(C)c4)n3n2)ccc1NC(=O)OC1CCOCC1. The first-order valence-electron chi connectivity index (χ1n) is 10.8. The number of benzene rings is 1. The topological polar surface area (TPSA) is 130 Å². The van der Waals surface area contributed by atoms with Crippen LogP contribution in [0.1, 0.15) is 12.8 Å². The molecule has 0 saturated carbocycles. The molecule has 0 spiro atoms. The molecule has 1 saturated heterocycles. The molecule has 4 heterocycles. The Balaban J connectivity index is 1.32. The van der Waals surface area contributed by atoms with Gasteiger partial charge >= 0.3 is 6.09 Å². The van der Waals surface area contributed by atoms with E-state index >= 15 is 0 Å². The van der Waals surface area contributed by atoms with Crippen molar-refractivity contribution >= 4 is 29.1 Å². The molecule has 12 heteroatoms. The van der Waals surface area contributed by atoms with Crippen LogP contribution in [0, 0.1) is 0 Å². The molecular weight excluding hydrogens is 440 g/mol. The Labute approximate surface area is 194 Å². The average Bonchev–Trinajstić information content (AvgIpc) is 3.46. The van der Waals surface area contributed by atoms with Crippen LogP contribution >= 0.6 is 0 Å². The number of ether oxygens (including phenoxy) is 3. The first kappa shape index (κ1) is 21.6. The molecule has 2 N–H and O–H groups in total. The van der Waals surface area contributed by atoms with E-state index in [1.165, 1.54) is 7.11 Å². The Hall–Kier alpha value is -4.19. The minimum atomic E-state index is -0.525. The van der Waals surface area contributed by atoms with Crippen molar-refractivity contribution in [1.29, 1.82) is 0 Å². The highest BCUT2D eigenvalue weighted by Crippen LogP contribution is 2.30. The van der Waals surface area contributed by atoms with E-state index < -0.39 is 6.09 Å². The van der Waals surface area contributed by atoms with Gasteiger partial charge in [0, 0.05) is 43.4 Å². The summed E-state index contributed by atoms with van der Waals surface area (Å²) in [5.74, 6) is 0.857. The highest BCUT2D eigenvalue weighted by molar-refractivity contribution is 5.87. The normalized spacial score (nSPS) is 14.2. The van der Waals surface area contributed by atoms with E-state index in [9.17, 15) is 4.79 Å². The Bertz CT molecular complexity index is 1310. The van der Waals surface area contributed by atoms with Crippen LogP contribution in [0.3, 0.4) is 0 Å². The molecule has 34 heavy (non-hydrogen) atoms. The summed E-state index contributed by atoms with van der Waals surface area (Å²) in [6, 6.07) is 5.26. The number of nitrogens with zero attached hydrogens (tertiary/aromatic N) is 6. The zero-order valence-corrected chi connectivity index (χ0v) is 18.8. The summed E-state index contributed by atoms with van der Waals surface area (Å²) in [5.41, 5.74) is 3.42. The second-order valence-electron chi connectivity index (χ2n) is 7.78. The molecule has 1 aliphatic heterocycles. The van der Waals surface area contributed by atoms with E-state index in [0.717, 1.165) is 11.3 Å². The molecule has 1 fully saturated rings. The van der Waals surface area contributed by atoms with Gasteiger partial charge in [-0.15, -0.1) is 5.10 Å². The fourth-order valence-electron chi connectivity index (χ4n) is 3.70. The van der Waals surface area contributed by atoms with Crippen molar-refractivity contribution in [3.63, 3.8) is 0 Å². The van der Waals surface area contributed by atoms with Crippen molar-refractivity contribution in [2.75, 3.05) is 31.0 Å². The fraction of sp³-hybridized carbons (Fsp3) is 0.318.